The molecule has 10 heavy (non-hydrogen) atoms. The Balaban J connectivity index is 0.000000810. The second kappa shape index (κ2) is 4.20. The Labute approximate surface area is 70.0 Å². The third-order valence-electron chi connectivity index (χ3n) is 2.69. The Morgan fingerprint density at radius 1 is 1.30 bits per heavy atom. The van der Waals surface area contributed by atoms with Crippen molar-refractivity contribution in [2.45, 2.75) is 45.1 Å². The van der Waals surface area contributed by atoms with Crippen LogP contribution >= 0.6 is 12.4 Å². The van der Waals surface area contributed by atoms with Gasteiger partial charge in [0.2, 0.25) is 0 Å². The molecule has 0 aliphatic carbocycles. The van der Waals surface area contributed by atoms with Gasteiger partial charge in [-0.05, 0) is 32.2 Å². The van der Waals surface area contributed by atoms with Crippen LogP contribution in [0.25, 0.3) is 0 Å². The lowest BCUT2D eigenvalue weighted by molar-refractivity contribution is 0.350. The van der Waals surface area contributed by atoms with Gasteiger partial charge in [0.25, 0.3) is 0 Å². The number of nitrogens with one attached hydrogen (secondary N) is 1. The molecule has 0 radical (unpaired) electrons. The first-order valence-corrected chi connectivity index (χ1v) is 4.08. The molecule has 2 heteroatoms. The summed E-state index contributed by atoms with van der Waals surface area (Å²) in [5.74, 6) is 0. The molecule has 1 aliphatic rings. The molecule has 62 valence electrons. The Morgan fingerprint density at radius 3 is 2.10 bits per heavy atom. The fraction of sp³-hybridized carbons (Fsp3) is 1.00. The van der Waals surface area contributed by atoms with Crippen LogP contribution < -0.4 is 5.32 Å². The van der Waals surface area contributed by atoms with Gasteiger partial charge in [-0.2, -0.15) is 0 Å². The molecule has 0 spiro atoms. The van der Waals surface area contributed by atoms with Crippen molar-refractivity contribution in [1.82, 2.24) is 5.32 Å². The van der Waals surface area contributed by atoms with Crippen LogP contribution in [0.5, 0.6) is 0 Å². The highest BCUT2D eigenvalue weighted by molar-refractivity contribution is 5.85. The Morgan fingerprint density at radius 2 is 1.90 bits per heavy atom. The lowest BCUT2D eigenvalue weighted by atomic mass is 9.91. The highest BCUT2D eigenvalue weighted by atomic mass is 35.5. The molecule has 0 bridgehead atoms. The molecule has 1 rings (SSSR count). The van der Waals surface area contributed by atoms with Crippen LogP contribution in [-0.4, -0.2) is 12.1 Å². The number of halogens is 1. The minimum atomic E-state index is 0. The van der Waals surface area contributed by atoms with E-state index in [2.05, 4.69) is 19.2 Å². The van der Waals surface area contributed by atoms with Crippen LogP contribution in [0.1, 0.15) is 39.5 Å². The molecule has 0 atom stereocenters. The zero-order valence-corrected chi connectivity index (χ0v) is 7.76. The van der Waals surface area contributed by atoms with E-state index in [0.29, 0.717) is 5.54 Å². The van der Waals surface area contributed by atoms with Crippen LogP contribution in [0, 0.1) is 0 Å². The number of hydrogen-bond acceptors (Lipinski definition) is 1. The van der Waals surface area contributed by atoms with Crippen LogP contribution in [0.3, 0.4) is 0 Å². The summed E-state index contributed by atoms with van der Waals surface area (Å²) < 4.78 is 0. The second-order valence-electron chi connectivity index (χ2n) is 3.02. The van der Waals surface area contributed by atoms with Crippen molar-refractivity contribution >= 4 is 12.4 Å². The molecule has 1 heterocycles. The van der Waals surface area contributed by atoms with Crippen molar-refractivity contribution < 1.29 is 0 Å². The molecular weight excluding hydrogens is 146 g/mol. The summed E-state index contributed by atoms with van der Waals surface area (Å²) in [7, 11) is 0. The van der Waals surface area contributed by atoms with Gasteiger partial charge >= 0.3 is 0 Å². The molecule has 0 unspecified atom stereocenters. The maximum absolute atomic E-state index is 3.57. The monoisotopic (exact) mass is 163 g/mol. The maximum Gasteiger partial charge on any atom is 0.0176 e. The van der Waals surface area contributed by atoms with E-state index in [-0.39, 0.29) is 12.4 Å². The second-order valence-corrected chi connectivity index (χ2v) is 3.02. The quantitative estimate of drug-likeness (QED) is 0.659. The molecule has 0 aromatic carbocycles. The van der Waals surface area contributed by atoms with Gasteiger partial charge in [0.15, 0.2) is 0 Å². The molecule has 1 aliphatic heterocycles. The predicted molar refractivity (Wildman–Crippen MR) is 47.8 cm³/mol. The van der Waals surface area contributed by atoms with Gasteiger partial charge < -0.3 is 5.32 Å². The van der Waals surface area contributed by atoms with E-state index in [1.54, 1.807) is 0 Å². The van der Waals surface area contributed by atoms with E-state index in [1.807, 2.05) is 0 Å². The highest BCUT2D eigenvalue weighted by Gasteiger charge is 2.28. The Hall–Kier alpha value is 0.250. The van der Waals surface area contributed by atoms with Crippen molar-refractivity contribution in [1.29, 1.82) is 0 Å². The lowest BCUT2D eigenvalue weighted by Gasteiger charge is -2.25. The average molecular weight is 164 g/mol. The fourth-order valence-corrected chi connectivity index (χ4v) is 1.72. The van der Waals surface area contributed by atoms with E-state index >= 15 is 0 Å². The molecule has 0 aromatic heterocycles. The molecule has 1 N–H and O–H groups in total. The van der Waals surface area contributed by atoms with E-state index in [4.69, 9.17) is 0 Å². The molecule has 1 fully saturated rings. The topological polar surface area (TPSA) is 12.0 Å². The maximum atomic E-state index is 3.57. The Bertz CT molecular complexity index is 81.3. The van der Waals surface area contributed by atoms with E-state index in [1.165, 1.54) is 32.2 Å². The number of hydrogen-bond donors (Lipinski definition) is 1. The van der Waals surface area contributed by atoms with E-state index < -0.39 is 0 Å². The first-order valence-electron chi connectivity index (χ1n) is 4.08. The van der Waals surface area contributed by atoms with Crippen molar-refractivity contribution in [2.75, 3.05) is 6.54 Å². The van der Waals surface area contributed by atoms with Gasteiger partial charge in [0, 0.05) is 5.54 Å². The van der Waals surface area contributed by atoms with Gasteiger partial charge in [-0.15, -0.1) is 12.4 Å². The van der Waals surface area contributed by atoms with Crippen LogP contribution in [0.2, 0.25) is 0 Å². The summed E-state index contributed by atoms with van der Waals surface area (Å²) in [6, 6.07) is 0. The van der Waals surface area contributed by atoms with Gasteiger partial charge in [0.05, 0.1) is 0 Å². The molecule has 1 saturated heterocycles. The zero-order valence-electron chi connectivity index (χ0n) is 6.94. The molecule has 1 nitrogen and oxygen atoms in total. The normalized spacial score (nSPS) is 22.2. The van der Waals surface area contributed by atoms with Crippen molar-refractivity contribution in [3.63, 3.8) is 0 Å². The minimum Gasteiger partial charge on any atom is -0.311 e. The summed E-state index contributed by atoms with van der Waals surface area (Å²) >= 11 is 0. The molecule has 0 aromatic rings. The van der Waals surface area contributed by atoms with E-state index in [9.17, 15) is 0 Å². The minimum absolute atomic E-state index is 0. The first kappa shape index (κ1) is 10.2. The van der Waals surface area contributed by atoms with Crippen LogP contribution in [0.15, 0.2) is 0 Å². The first-order chi connectivity index (χ1) is 4.33. The fourth-order valence-electron chi connectivity index (χ4n) is 1.72. The van der Waals surface area contributed by atoms with Crippen molar-refractivity contribution in [2.24, 2.45) is 0 Å². The molecule has 0 amide bonds. The highest BCUT2D eigenvalue weighted by Crippen LogP contribution is 2.25. The summed E-state index contributed by atoms with van der Waals surface area (Å²) in [5, 5.41) is 3.57. The third-order valence-corrected chi connectivity index (χ3v) is 2.69. The number of rotatable bonds is 2. The van der Waals surface area contributed by atoms with Gasteiger partial charge in [-0.1, -0.05) is 13.8 Å². The third kappa shape index (κ3) is 1.86. The van der Waals surface area contributed by atoms with Gasteiger partial charge in [0.1, 0.15) is 0 Å². The summed E-state index contributed by atoms with van der Waals surface area (Å²) in [4.78, 5) is 0. The van der Waals surface area contributed by atoms with Crippen LogP contribution in [-0.2, 0) is 0 Å². The van der Waals surface area contributed by atoms with Gasteiger partial charge in [-0.3, -0.25) is 0 Å². The van der Waals surface area contributed by atoms with Crippen LogP contribution in [0.4, 0.5) is 0 Å². The summed E-state index contributed by atoms with van der Waals surface area (Å²) in [5.41, 5.74) is 0.528. The molecule has 0 saturated carbocycles. The standard InChI is InChI=1S/C8H17N.ClH/c1-3-8(4-2)6-5-7-9-8;/h9H,3-7H2,1-2H3;1H. The largest absolute Gasteiger partial charge is 0.311 e. The SMILES string of the molecule is CCC1(CC)CCCN1.Cl. The Kier molecular flexibility index (Phi) is 4.30. The summed E-state index contributed by atoms with van der Waals surface area (Å²) in [6.07, 6.45) is 5.36. The average Bonchev–Trinajstić information content (AvgIpc) is 2.36. The smallest absolute Gasteiger partial charge is 0.0176 e. The van der Waals surface area contributed by atoms with Crippen molar-refractivity contribution in [3.05, 3.63) is 0 Å². The lowest BCUT2D eigenvalue weighted by Crippen LogP contribution is -2.37. The van der Waals surface area contributed by atoms with Gasteiger partial charge in [-0.25, -0.2) is 0 Å². The summed E-state index contributed by atoms with van der Waals surface area (Å²) in [6.45, 7) is 5.80. The predicted octanol–water partition coefficient (Wildman–Crippen LogP) is 2.35. The van der Waals surface area contributed by atoms with Crippen molar-refractivity contribution in [3.8, 4) is 0 Å². The van der Waals surface area contributed by atoms with E-state index in [0.717, 1.165) is 0 Å². The zero-order chi connectivity index (χ0) is 6.74. The molecular formula is C8H18ClN.